The zero-order valence-electron chi connectivity index (χ0n) is 25.8. The molecule has 2 atom stereocenters. The molecule has 0 saturated carbocycles. The number of rotatable bonds is 12. The maximum Gasteiger partial charge on any atom is 0.329 e. The topological polar surface area (TPSA) is 144 Å². The highest BCUT2D eigenvalue weighted by Gasteiger charge is 2.28. The molecule has 12 heteroatoms. The van der Waals surface area contributed by atoms with Gasteiger partial charge < -0.3 is 20.7 Å². The second-order valence-electron chi connectivity index (χ2n) is 10.6. The SMILES string of the molecule is C/C=C1\NC(=O)c2csc(n2)CNC(=O)C[C@@H](/C=C/CCSC(=O)CCCCCCC)OC(=O)[C@H](Cc2ccccc2)NC1=O. The molecule has 0 saturated heterocycles. The molecule has 2 bridgehead atoms. The standard InChI is InChI=1S/C33H42N4O6S2/c1-3-5-6-7-11-17-30(39)44-18-13-12-16-24-20-28(38)34-21-29-35-27(22-45-29)32(41)36-25(4-2)31(40)37-26(33(42)43-24)19-23-14-9-8-10-15-23/h4,8-10,12,14-16,22,24,26H,3,5-7,11,13,17-21H2,1-2H3,(H,34,38)(H,36,41)(H,37,40)/b16-12+,25-4-/t24-,26+/m1/s1. The van der Waals surface area contributed by atoms with E-state index in [2.05, 4.69) is 27.9 Å². The van der Waals surface area contributed by atoms with Crippen LogP contribution in [-0.2, 0) is 36.9 Å². The van der Waals surface area contributed by atoms with Crippen molar-refractivity contribution in [2.24, 2.45) is 0 Å². The van der Waals surface area contributed by atoms with Crippen LogP contribution in [-0.4, -0.2) is 51.7 Å². The summed E-state index contributed by atoms with van der Waals surface area (Å²) >= 11 is 2.49. The number of carbonyl (C=O) groups excluding carboxylic acids is 5. The molecule has 10 nitrogen and oxygen atoms in total. The van der Waals surface area contributed by atoms with Gasteiger partial charge in [-0.15, -0.1) is 11.3 Å². The van der Waals surface area contributed by atoms with E-state index in [1.54, 1.807) is 24.5 Å². The molecule has 0 fully saturated rings. The predicted octanol–water partition coefficient (Wildman–Crippen LogP) is 5.00. The van der Waals surface area contributed by atoms with Crippen molar-refractivity contribution < 1.29 is 28.7 Å². The average Bonchev–Trinajstić information content (AvgIpc) is 3.51. The van der Waals surface area contributed by atoms with Gasteiger partial charge in [-0.25, -0.2) is 9.78 Å². The number of benzene rings is 1. The Bertz CT molecular complexity index is 1360. The molecular formula is C33H42N4O6S2. The van der Waals surface area contributed by atoms with Crippen molar-refractivity contribution in [3.63, 3.8) is 0 Å². The molecule has 3 amide bonds. The van der Waals surface area contributed by atoms with Gasteiger partial charge >= 0.3 is 5.97 Å². The Morgan fingerprint density at radius 3 is 2.62 bits per heavy atom. The number of carbonyl (C=O) groups is 5. The van der Waals surface area contributed by atoms with E-state index < -0.39 is 29.9 Å². The average molecular weight is 655 g/mol. The number of amides is 3. The fourth-order valence-electron chi connectivity index (χ4n) is 4.47. The maximum atomic E-state index is 13.5. The number of fused-ring (bicyclic) bond motifs is 2. The number of ether oxygens (including phenoxy) is 1. The Morgan fingerprint density at radius 1 is 1.09 bits per heavy atom. The predicted molar refractivity (Wildman–Crippen MR) is 176 cm³/mol. The third-order valence-electron chi connectivity index (χ3n) is 6.91. The highest BCUT2D eigenvalue weighted by atomic mass is 32.2. The van der Waals surface area contributed by atoms with Crippen molar-refractivity contribution in [2.75, 3.05) is 5.75 Å². The van der Waals surface area contributed by atoms with Crippen molar-refractivity contribution in [3.8, 4) is 0 Å². The van der Waals surface area contributed by atoms with Gasteiger partial charge in [-0.05, 0) is 31.4 Å². The largest absolute Gasteiger partial charge is 0.456 e. The van der Waals surface area contributed by atoms with E-state index in [4.69, 9.17) is 4.74 Å². The van der Waals surface area contributed by atoms with Crippen LogP contribution in [0.4, 0.5) is 0 Å². The second-order valence-corrected chi connectivity index (χ2v) is 12.7. The van der Waals surface area contributed by atoms with Crippen LogP contribution in [0.2, 0.25) is 0 Å². The van der Waals surface area contributed by atoms with Gasteiger partial charge in [0.2, 0.25) is 5.91 Å². The molecule has 1 aliphatic rings. The fraction of sp³-hybridized carbons (Fsp3) is 0.455. The van der Waals surface area contributed by atoms with Gasteiger partial charge in [0.25, 0.3) is 11.8 Å². The number of nitrogens with zero attached hydrogens (tertiary/aromatic N) is 1. The molecule has 1 aliphatic heterocycles. The third kappa shape index (κ3) is 13.0. The van der Waals surface area contributed by atoms with Crippen molar-refractivity contribution in [1.82, 2.24) is 20.9 Å². The van der Waals surface area contributed by atoms with Gasteiger partial charge in [0.05, 0.1) is 13.0 Å². The van der Waals surface area contributed by atoms with Crippen LogP contribution in [0.1, 0.15) is 86.3 Å². The number of esters is 1. The lowest BCUT2D eigenvalue weighted by Gasteiger charge is -2.22. The molecule has 2 aromatic rings. The Balaban J connectivity index is 1.73. The first-order chi connectivity index (χ1) is 21.8. The van der Waals surface area contributed by atoms with E-state index in [1.165, 1.54) is 42.0 Å². The molecule has 1 aromatic carbocycles. The molecule has 45 heavy (non-hydrogen) atoms. The van der Waals surface area contributed by atoms with Gasteiger partial charge in [-0.3, -0.25) is 19.2 Å². The highest BCUT2D eigenvalue weighted by Crippen LogP contribution is 2.15. The number of aromatic nitrogens is 1. The summed E-state index contributed by atoms with van der Waals surface area (Å²) in [6.45, 7) is 3.85. The van der Waals surface area contributed by atoms with E-state index in [9.17, 15) is 24.0 Å². The number of unbranched alkanes of at least 4 members (excludes halogenated alkanes) is 4. The number of hydrogen-bond acceptors (Lipinski definition) is 9. The van der Waals surface area contributed by atoms with Gasteiger partial charge in [0, 0.05) is 24.0 Å². The number of thioether (sulfide) groups is 1. The molecule has 242 valence electrons. The Kier molecular flexibility index (Phi) is 15.5. The summed E-state index contributed by atoms with van der Waals surface area (Å²) < 4.78 is 5.79. The van der Waals surface area contributed by atoms with Crippen LogP contribution in [0.3, 0.4) is 0 Å². The van der Waals surface area contributed by atoms with Crippen LogP contribution >= 0.6 is 23.1 Å². The van der Waals surface area contributed by atoms with E-state index in [1.807, 2.05) is 30.3 Å². The molecule has 1 aromatic heterocycles. The summed E-state index contributed by atoms with van der Waals surface area (Å²) in [5.74, 6) is -1.77. The first-order valence-corrected chi connectivity index (χ1v) is 17.2. The Hall–Kier alpha value is -3.77. The van der Waals surface area contributed by atoms with Crippen LogP contribution in [0.5, 0.6) is 0 Å². The van der Waals surface area contributed by atoms with Crippen LogP contribution in [0.15, 0.2) is 59.6 Å². The monoisotopic (exact) mass is 654 g/mol. The summed E-state index contributed by atoms with van der Waals surface area (Å²) in [4.78, 5) is 68.8. The van der Waals surface area contributed by atoms with Gasteiger partial charge in [0.1, 0.15) is 28.5 Å². The second kappa shape index (κ2) is 19.6. The lowest BCUT2D eigenvalue weighted by molar-refractivity contribution is -0.151. The zero-order valence-corrected chi connectivity index (χ0v) is 27.5. The number of cyclic esters (lactones) is 1. The summed E-state index contributed by atoms with van der Waals surface area (Å²) in [7, 11) is 0. The minimum absolute atomic E-state index is 0.0368. The van der Waals surface area contributed by atoms with Crippen molar-refractivity contribution in [2.45, 2.75) is 90.3 Å². The van der Waals surface area contributed by atoms with E-state index in [0.29, 0.717) is 23.6 Å². The third-order valence-corrected chi connectivity index (χ3v) is 8.73. The van der Waals surface area contributed by atoms with Gasteiger partial charge in [-0.2, -0.15) is 0 Å². The minimum atomic E-state index is -1.10. The van der Waals surface area contributed by atoms with Crippen LogP contribution in [0.25, 0.3) is 0 Å². The maximum absolute atomic E-state index is 13.5. The van der Waals surface area contributed by atoms with E-state index in [0.717, 1.165) is 24.8 Å². The van der Waals surface area contributed by atoms with Gasteiger partial charge in [-0.1, -0.05) is 86.9 Å². The summed E-state index contributed by atoms with van der Waals surface area (Å²) in [5, 5.41) is 10.2. The Labute approximate surface area is 272 Å². The van der Waals surface area contributed by atoms with Crippen molar-refractivity contribution in [1.29, 1.82) is 0 Å². The first kappa shape index (κ1) is 35.7. The molecule has 0 unspecified atom stereocenters. The highest BCUT2D eigenvalue weighted by molar-refractivity contribution is 8.13. The fourth-order valence-corrected chi connectivity index (χ4v) is 5.95. The molecule has 3 rings (SSSR count). The van der Waals surface area contributed by atoms with Crippen LogP contribution < -0.4 is 16.0 Å². The smallest absolute Gasteiger partial charge is 0.329 e. The van der Waals surface area contributed by atoms with Crippen LogP contribution in [0, 0.1) is 0 Å². The molecule has 0 radical (unpaired) electrons. The lowest BCUT2D eigenvalue weighted by Crippen LogP contribution is -2.47. The summed E-state index contributed by atoms with van der Waals surface area (Å²) in [6, 6.07) is 8.04. The van der Waals surface area contributed by atoms with E-state index >= 15 is 0 Å². The Morgan fingerprint density at radius 2 is 1.87 bits per heavy atom. The minimum Gasteiger partial charge on any atom is -0.456 e. The molecule has 3 N–H and O–H groups in total. The van der Waals surface area contributed by atoms with E-state index in [-0.39, 0.29) is 41.8 Å². The number of thiazole rings is 1. The number of nitrogens with one attached hydrogen (secondary N) is 3. The summed E-state index contributed by atoms with van der Waals surface area (Å²) in [5.41, 5.74) is 0.856. The molecule has 2 heterocycles. The number of allylic oxidation sites excluding steroid dienone is 2. The quantitative estimate of drug-likeness (QED) is 0.126. The first-order valence-electron chi connectivity index (χ1n) is 15.3. The number of hydrogen-bond donors (Lipinski definition) is 3. The van der Waals surface area contributed by atoms with Gasteiger partial charge in [0.15, 0.2) is 5.12 Å². The normalized spacial score (nSPS) is 19.2. The van der Waals surface area contributed by atoms with Crippen molar-refractivity contribution >= 4 is 51.9 Å². The molecular weight excluding hydrogens is 613 g/mol. The summed E-state index contributed by atoms with van der Waals surface area (Å²) in [6.07, 6.45) is 10.5. The molecule has 0 aliphatic carbocycles. The molecule has 0 spiro atoms. The van der Waals surface area contributed by atoms with Crippen molar-refractivity contribution in [3.05, 3.63) is 75.9 Å². The zero-order chi connectivity index (χ0) is 32.4. The lowest BCUT2D eigenvalue weighted by atomic mass is 10.1.